The molecule has 31 heavy (non-hydrogen) atoms. The molecule has 1 atom stereocenters. The maximum absolute atomic E-state index is 11.6. The summed E-state index contributed by atoms with van der Waals surface area (Å²) in [4.78, 5) is 23.2. The lowest BCUT2D eigenvalue weighted by atomic mass is 9.98. The van der Waals surface area contributed by atoms with E-state index in [9.17, 15) is 19.8 Å². The fourth-order valence-corrected chi connectivity index (χ4v) is 3.75. The molecule has 3 aromatic carbocycles. The number of carboxylic acids is 2. The van der Waals surface area contributed by atoms with Gasteiger partial charge in [-0.25, -0.2) is 9.59 Å². The lowest BCUT2D eigenvalue weighted by Gasteiger charge is -2.24. The minimum atomic E-state index is -1.21. The molecule has 0 fully saturated rings. The summed E-state index contributed by atoms with van der Waals surface area (Å²) in [6, 6.07) is 18.3. The van der Waals surface area contributed by atoms with Crippen LogP contribution in [0.5, 0.6) is 0 Å². The van der Waals surface area contributed by atoms with Gasteiger partial charge in [0.05, 0.1) is 28.6 Å². The molecule has 3 aromatic rings. The standard InChI is InChI=1S/C23H16Cl2N2O4/c24-17-5-1-13(2-6-17)20-12-21(14-3-7-18(25)8-4-14)27(26-20)19-10-15(22(28)29)9-16(11-19)23(30)31/h1-11,21H,12H2,(H,28,29)(H,30,31)/t21-/m1/s1. The van der Waals surface area contributed by atoms with Crippen molar-refractivity contribution in [2.75, 3.05) is 5.01 Å². The van der Waals surface area contributed by atoms with E-state index in [1.54, 1.807) is 29.3 Å². The molecule has 0 unspecified atom stereocenters. The van der Waals surface area contributed by atoms with Gasteiger partial charge in [0.2, 0.25) is 0 Å². The van der Waals surface area contributed by atoms with E-state index in [1.807, 2.05) is 24.3 Å². The van der Waals surface area contributed by atoms with Gasteiger partial charge < -0.3 is 10.2 Å². The van der Waals surface area contributed by atoms with Crippen LogP contribution in [0.3, 0.4) is 0 Å². The van der Waals surface area contributed by atoms with E-state index in [-0.39, 0.29) is 17.2 Å². The third kappa shape index (κ3) is 4.40. The summed E-state index contributed by atoms with van der Waals surface area (Å²) in [5.41, 5.74) is 2.68. The zero-order valence-electron chi connectivity index (χ0n) is 16.0. The second kappa shape index (κ2) is 8.41. The predicted octanol–water partition coefficient (Wildman–Crippen LogP) is 5.75. The first kappa shape index (κ1) is 20.9. The van der Waals surface area contributed by atoms with Crippen molar-refractivity contribution < 1.29 is 19.8 Å². The van der Waals surface area contributed by atoms with Crippen molar-refractivity contribution in [1.29, 1.82) is 0 Å². The van der Waals surface area contributed by atoms with Crippen molar-refractivity contribution >= 4 is 46.5 Å². The van der Waals surface area contributed by atoms with Gasteiger partial charge in [0.25, 0.3) is 0 Å². The van der Waals surface area contributed by atoms with Crippen molar-refractivity contribution in [3.05, 3.63) is 99.0 Å². The first-order valence-electron chi connectivity index (χ1n) is 9.31. The van der Waals surface area contributed by atoms with Crippen molar-refractivity contribution in [3.63, 3.8) is 0 Å². The Bertz CT molecular complexity index is 1160. The maximum Gasteiger partial charge on any atom is 0.335 e. The van der Waals surface area contributed by atoms with Gasteiger partial charge in [-0.15, -0.1) is 0 Å². The van der Waals surface area contributed by atoms with E-state index in [0.29, 0.717) is 22.2 Å². The number of rotatable bonds is 5. The molecule has 0 saturated heterocycles. The van der Waals surface area contributed by atoms with Crippen LogP contribution >= 0.6 is 23.2 Å². The number of aromatic carboxylic acids is 2. The van der Waals surface area contributed by atoms with Gasteiger partial charge in [0, 0.05) is 16.5 Å². The van der Waals surface area contributed by atoms with E-state index in [4.69, 9.17) is 28.3 Å². The molecule has 0 amide bonds. The van der Waals surface area contributed by atoms with E-state index >= 15 is 0 Å². The molecule has 0 radical (unpaired) electrons. The molecule has 0 aromatic heterocycles. The highest BCUT2D eigenvalue weighted by Crippen LogP contribution is 2.38. The monoisotopic (exact) mass is 454 g/mol. The van der Waals surface area contributed by atoms with Gasteiger partial charge in [-0.3, -0.25) is 5.01 Å². The molecule has 1 aliphatic rings. The van der Waals surface area contributed by atoms with Gasteiger partial charge in [0.1, 0.15) is 0 Å². The molecule has 1 aliphatic heterocycles. The fraction of sp³-hybridized carbons (Fsp3) is 0.0870. The molecular formula is C23H16Cl2N2O4. The zero-order chi connectivity index (χ0) is 22.1. The Morgan fingerprint density at radius 2 is 1.35 bits per heavy atom. The average Bonchev–Trinajstić information content (AvgIpc) is 3.20. The Balaban J connectivity index is 1.84. The lowest BCUT2D eigenvalue weighted by Crippen LogP contribution is -2.19. The highest BCUT2D eigenvalue weighted by atomic mass is 35.5. The summed E-state index contributed by atoms with van der Waals surface area (Å²) < 4.78 is 0. The van der Waals surface area contributed by atoms with Gasteiger partial charge in [-0.1, -0.05) is 47.5 Å². The fourth-order valence-electron chi connectivity index (χ4n) is 3.50. The van der Waals surface area contributed by atoms with Crippen molar-refractivity contribution in [2.45, 2.75) is 12.5 Å². The van der Waals surface area contributed by atoms with Gasteiger partial charge in [-0.2, -0.15) is 5.10 Å². The first-order valence-corrected chi connectivity index (χ1v) is 10.1. The summed E-state index contributed by atoms with van der Waals surface area (Å²) in [6.07, 6.45) is 0.531. The van der Waals surface area contributed by atoms with Crippen LogP contribution in [0, 0.1) is 0 Å². The van der Waals surface area contributed by atoms with Crippen LogP contribution in [-0.2, 0) is 0 Å². The van der Waals surface area contributed by atoms with E-state index in [1.165, 1.54) is 12.1 Å². The number of carbonyl (C=O) groups is 2. The molecule has 0 spiro atoms. The number of benzene rings is 3. The van der Waals surface area contributed by atoms with Crippen LogP contribution in [0.2, 0.25) is 10.0 Å². The third-order valence-corrected chi connectivity index (χ3v) is 5.52. The summed E-state index contributed by atoms with van der Waals surface area (Å²) in [7, 11) is 0. The minimum Gasteiger partial charge on any atom is -0.478 e. The van der Waals surface area contributed by atoms with Crippen LogP contribution in [0.4, 0.5) is 5.69 Å². The predicted molar refractivity (Wildman–Crippen MR) is 120 cm³/mol. The van der Waals surface area contributed by atoms with Crippen LogP contribution < -0.4 is 5.01 Å². The quantitative estimate of drug-likeness (QED) is 0.512. The number of hydrogen-bond donors (Lipinski definition) is 2. The molecule has 1 heterocycles. The topological polar surface area (TPSA) is 90.2 Å². The molecule has 0 bridgehead atoms. The van der Waals surface area contributed by atoms with E-state index < -0.39 is 11.9 Å². The molecule has 2 N–H and O–H groups in total. The molecule has 0 aliphatic carbocycles. The third-order valence-electron chi connectivity index (χ3n) is 5.02. The molecule has 6 nitrogen and oxygen atoms in total. The van der Waals surface area contributed by atoms with Crippen molar-refractivity contribution in [2.24, 2.45) is 5.10 Å². The number of hydrogen-bond acceptors (Lipinski definition) is 4. The molecule has 0 saturated carbocycles. The number of anilines is 1. The summed E-state index contributed by atoms with van der Waals surface area (Å²) in [6.45, 7) is 0. The van der Waals surface area contributed by atoms with E-state index in [0.717, 1.165) is 22.9 Å². The normalized spacial score (nSPS) is 15.6. The van der Waals surface area contributed by atoms with Crippen LogP contribution in [0.25, 0.3) is 0 Å². The van der Waals surface area contributed by atoms with Crippen LogP contribution in [0.1, 0.15) is 44.3 Å². The first-order chi connectivity index (χ1) is 14.8. The highest BCUT2D eigenvalue weighted by Gasteiger charge is 2.31. The van der Waals surface area contributed by atoms with Gasteiger partial charge in [-0.05, 0) is 53.6 Å². The number of nitrogens with zero attached hydrogens (tertiary/aromatic N) is 2. The SMILES string of the molecule is O=C(O)c1cc(C(=O)O)cc(N2N=C(c3ccc(Cl)cc3)C[C@@H]2c2ccc(Cl)cc2)c1. The molecule has 8 heteroatoms. The summed E-state index contributed by atoms with van der Waals surface area (Å²) in [5.74, 6) is -2.43. The van der Waals surface area contributed by atoms with Gasteiger partial charge >= 0.3 is 11.9 Å². The zero-order valence-corrected chi connectivity index (χ0v) is 17.5. The average molecular weight is 455 g/mol. The van der Waals surface area contributed by atoms with Crippen molar-refractivity contribution in [3.8, 4) is 0 Å². The Kier molecular flexibility index (Phi) is 5.67. The Hall–Kier alpha value is -3.35. The van der Waals surface area contributed by atoms with E-state index in [2.05, 4.69) is 0 Å². The highest BCUT2D eigenvalue weighted by molar-refractivity contribution is 6.31. The molecule has 156 valence electrons. The number of hydrazone groups is 1. The molecular weight excluding hydrogens is 439 g/mol. The number of carboxylic acid groups (broad SMARTS) is 2. The Labute approximate surface area is 188 Å². The second-order valence-corrected chi connectivity index (χ2v) is 7.92. The van der Waals surface area contributed by atoms with Crippen LogP contribution in [-0.4, -0.2) is 27.9 Å². The van der Waals surface area contributed by atoms with Crippen molar-refractivity contribution in [1.82, 2.24) is 0 Å². The van der Waals surface area contributed by atoms with Crippen LogP contribution in [0.15, 0.2) is 71.8 Å². The largest absolute Gasteiger partial charge is 0.478 e. The Morgan fingerprint density at radius 1 is 0.839 bits per heavy atom. The summed E-state index contributed by atoms with van der Waals surface area (Å²) >= 11 is 12.0. The second-order valence-electron chi connectivity index (χ2n) is 7.05. The minimum absolute atomic E-state index is 0.125. The van der Waals surface area contributed by atoms with Gasteiger partial charge in [0.15, 0.2) is 0 Å². The summed E-state index contributed by atoms with van der Waals surface area (Å²) in [5, 5.41) is 26.5. The number of halogens is 2. The Morgan fingerprint density at radius 3 is 1.87 bits per heavy atom. The molecule has 4 rings (SSSR count). The smallest absolute Gasteiger partial charge is 0.335 e. The maximum atomic E-state index is 11.6. The lowest BCUT2D eigenvalue weighted by molar-refractivity contribution is 0.0696.